The number of halogens is 1. The Balaban J connectivity index is 2.24. The Morgan fingerprint density at radius 2 is 2.13 bits per heavy atom. The van der Waals surface area contributed by atoms with Gasteiger partial charge in [-0.1, -0.05) is 23.7 Å². The normalized spacial score (nSPS) is 10.6. The van der Waals surface area contributed by atoms with Crippen LogP contribution in [0.2, 0.25) is 5.02 Å². The summed E-state index contributed by atoms with van der Waals surface area (Å²) < 4.78 is 0. The number of hydrogen-bond acceptors (Lipinski definition) is 4. The maximum atomic E-state index is 12.8. The molecule has 0 saturated heterocycles. The van der Waals surface area contributed by atoms with Crippen molar-refractivity contribution in [3.63, 3.8) is 0 Å². The smallest absolute Gasteiger partial charge is 0.257 e. The van der Waals surface area contributed by atoms with Crippen LogP contribution in [-0.4, -0.2) is 39.0 Å². The summed E-state index contributed by atoms with van der Waals surface area (Å²) in [6.45, 7) is 4.49. The van der Waals surface area contributed by atoms with Crippen LogP contribution in [-0.2, 0) is 6.54 Å². The molecule has 0 aliphatic rings. The first kappa shape index (κ1) is 17.4. The summed E-state index contributed by atoms with van der Waals surface area (Å²) in [6.07, 6.45) is 2.07. The number of nitrogens with zero attached hydrogens (tertiary/aromatic N) is 3. The highest BCUT2D eigenvalue weighted by atomic mass is 35.5. The maximum Gasteiger partial charge on any atom is 0.257 e. The molecule has 1 N–H and O–H groups in total. The van der Waals surface area contributed by atoms with Crippen LogP contribution in [0, 0.1) is 13.8 Å². The number of aryl methyl sites for hydroxylation is 2. The SMILES string of the molecule is Cc1ncc(C(=O)N(CCCO)Cc2cccc(Cl)c2)c(C)n1. The van der Waals surface area contributed by atoms with Gasteiger partial charge in [-0.2, -0.15) is 0 Å². The van der Waals surface area contributed by atoms with Crippen LogP contribution in [0.1, 0.15) is 33.9 Å². The molecule has 0 aliphatic carbocycles. The standard InChI is InChI=1S/C17H20ClN3O2/c1-12-16(10-19-13(2)20-12)17(23)21(7-4-8-22)11-14-5-3-6-15(18)9-14/h3,5-6,9-10,22H,4,7-8,11H2,1-2H3. The fourth-order valence-corrected chi connectivity index (χ4v) is 2.55. The number of carbonyl (C=O) groups excluding carboxylic acids is 1. The number of aromatic nitrogens is 2. The van der Waals surface area contributed by atoms with Gasteiger partial charge in [-0.3, -0.25) is 4.79 Å². The molecule has 1 aromatic carbocycles. The molecular weight excluding hydrogens is 314 g/mol. The molecule has 1 heterocycles. The van der Waals surface area contributed by atoms with Crippen molar-refractivity contribution in [2.45, 2.75) is 26.8 Å². The molecule has 0 aliphatic heterocycles. The van der Waals surface area contributed by atoms with Gasteiger partial charge in [0, 0.05) is 30.9 Å². The van der Waals surface area contributed by atoms with Gasteiger partial charge in [0.15, 0.2) is 0 Å². The van der Waals surface area contributed by atoms with Gasteiger partial charge < -0.3 is 10.0 Å². The number of amides is 1. The third-order valence-corrected chi connectivity index (χ3v) is 3.70. The van der Waals surface area contributed by atoms with Crippen molar-refractivity contribution in [3.05, 3.63) is 58.1 Å². The van der Waals surface area contributed by atoms with E-state index in [2.05, 4.69) is 9.97 Å². The Morgan fingerprint density at radius 3 is 2.78 bits per heavy atom. The van der Waals surface area contributed by atoms with Crippen LogP contribution in [0.3, 0.4) is 0 Å². The summed E-state index contributed by atoms with van der Waals surface area (Å²) in [4.78, 5) is 22.9. The minimum atomic E-state index is -0.143. The Kier molecular flexibility index (Phi) is 6.07. The van der Waals surface area contributed by atoms with Gasteiger partial charge in [0.1, 0.15) is 5.82 Å². The maximum absolute atomic E-state index is 12.8. The van der Waals surface area contributed by atoms with Crippen LogP contribution >= 0.6 is 11.6 Å². The second kappa shape index (κ2) is 8.04. The van der Waals surface area contributed by atoms with E-state index in [1.54, 1.807) is 31.0 Å². The van der Waals surface area contributed by atoms with E-state index in [-0.39, 0.29) is 12.5 Å². The molecule has 0 atom stereocenters. The molecular formula is C17H20ClN3O2. The lowest BCUT2D eigenvalue weighted by molar-refractivity contribution is 0.0730. The van der Waals surface area contributed by atoms with Gasteiger partial charge in [0.05, 0.1) is 11.3 Å². The van der Waals surface area contributed by atoms with E-state index in [0.717, 1.165) is 5.56 Å². The van der Waals surface area contributed by atoms with E-state index in [1.165, 1.54) is 0 Å². The summed E-state index contributed by atoms with van der Waals surface area (Å²) in [5, 5.41) is 9.72. The molecule has 0 bridgehead atoms. The van der Waals surface area contributed by atoms with Crippen molar-refractivity contribution in [1.29, 1.82) is 0 Å². The van der Waals surface area contributed by atoms with Crippen molar-refractivity contribution in [1.82, 2.24) is 14.9 Å². The summed E-state index contributed by atoms with van der Waals surface area (Å²) >= 11 is 6.01. The number of rotatable bonds is 6. The van der Waals surface area contributed by atoms with E-state index in [4.69, 9.17) is 16.7 Å². The Labute approximate surface area is 141 Å². The van der Waals surface area contributed by atoms with E-state index < -0.39 is 0 Å². The number of aliphatic hydroxyl groups excluding tert-OH is 1. The fraction of sp³-hybridized carbons (Fsp3) is 0.353. The number of aliphatic hydroxyl groups is 1. The minimum absolute atomic E-state index is 0.0305. The van der Waals surface area contributed by atoms with E-state index in [9.17, 15) is 4.79 Å². The predicted octanol–water partition coefficient (Wildman–Crippen LogP) is 2.77. The lowest BCUT2D eigenvalue weighted by Crippen LogP contribution is -2.32. The number of carbonyl (C=O) groups is 1. The minimum Gasteiger partial charge on any atom is -0.396 e. The lowest BCUT2D eigenvalue weighted by atomic mass is 10.1. The monoisotopic (exact) mass is 333 g/mol. The highest BCUT2D eigenvalue weighted by Crippen LogP contribution is 2.16. The Hall–Kier alpha value is -1.98. The largest absolute Gasteiger partial charge is 0.396 e. The zero-order valence-corrected chi connectivity index (χ0v) is 14.0. The molecule has 0 fully saturated rings. The van der Waals surface area contributed by atoms with Crippen molar-refractivity contribution >= 4 is 17.5 Å². The molecule has 122 valence electrons. The fourth-order valence-electron chi connectivity index (χ4n) is 2.33. The van der Waals surface area contributed by atoms with Gasteiger partial charge >= 0.3 is 0 Å². The first-order valence-corrected chi connectivity index (χ1v) is 7.84. The Morgan fingerprint density at radius 1 is 1.35 bits per heavy atom. The first-order chi connectivity index (χ1) is 11.0. The summed E-state index contributed by atoms with van der Waals surface area (Å²) in [5.74, 6) is 0.492. The van der Waals surface area contributed by atoms with Crippen LogP contribution < -0.4 is 0 Å². The van der Waals surface area contributed by atoms with Gasteiger partial charge in [0.25, 0.3) is 5.91 Å². The summed E-state index contributed by atoms with van der Waals surface area (Å²) in [5.41, 5.74) is 2.08. The molecule has 5 nitrogen and oxygen atoms in total. The molecule has 1 amide bonds. The molecule has 2 aromatic rings. The van der Waals surface area contributed by atoms with Gasteiger partial charge in [-0.15, -0.1) is 0 Å². The van der Waals surface area contributed by atoms with Crippen LogP contribution in [0.4, 0.5) is 0 Å². The molecule has 1 aromatic heterocycles. The summed E-state index contributed by atoms with van der Waals surface area (Å²) in [6, 6.07) is 7.40. The van der Waals surface area contributed by atoms with Gasteiger partial charge in [0.2, 0.25) is 0 Å². The van der Waals surface area contributed by atoms with E-state index in [0.29, 0.717) is 41.6 Å². The first-order valence-electron chi connectivity index (χ1n) is 7.46. The van der Waals surface area contributed by atoms with Gasteiger partial charge in [-0.05, 0) is 38.0 Å². The van der Waals surface area contributed by atoms with Crippen LogP contribution in [0.25, 0.3) is 0 Å². The zero-order valence-electron chi connectivity index (χ0n) is 13.3. The van der Waals surface area contributed by atoms with Crippen molar-refractivity contribution in [3.8, 4) is 0 Å². The summed E-state index contributed by atoms with van der Waals surface area (Å²) in [7, 11) is 0. The third kappa shape index (κ3) is 4.74. The highest BCUT2D eigenvalue weighted by molar-refractivity contribution is 6.30. The quantitative estimate of drug-likeness (QED) is 0.882. The average molecular weight is 334 g/mol. The zero-order chi connectivity index (χ0) is 16.8. The van der Waals surface area contributed by atoms with E-state index in [1.807, 2.05) is 18.2 Å². The molecule has 0 saturated carbocycles. The second-order valence-electron chi connectivity index (χ2n) is 5.35. The number of hydrogen-bond donors (Lipinski definition) is 1. The Bertz CT molecular complexity index is 691. The van der Waals surface area contributed by atoms with Crippen LogP contribution in [0.15, 0.2) is 30.5 Å². The topological polar surface area (TPSA) is 66.3 Å². The molecule has 0 radical (unpaired) electrons. The van der Waals surface area contributed by atoms with Crippen molar-refractivity contribution < 1.29 is 9.90 Å². The molecule has 23 heavy (non-hydrogen) atoms. The average Bonchev–Trinajstić information content (AvgIpc) is 2.51. The molecule has 6 heteroatoms. The van der Waals surface area contributed by atoms with Crippen LogP contribution in [0.5, 0.6) is 0 Å². The van der Waals surface area contributed by atoms with E-state index >= 15 is 0 Å². The van der Waals surface area contributed by atoms with Gasteiger partial charge in [-0.25, -0.2) is 9.97 Å². The highest BCUT2D eigenvalue weighted by Gasteiger charge is 2.19. The second-order valence-corrected chi connectivity index (χ2v) is 5.79. The van der Waals surface area contributed by atoms with Crippen molar-refractivity contribution in [2.24, 2.45) is 0 Å². The molecule has 2 rings (SSSR count). The molecule has 0 spiro atoms. The predicted molar refractivity (Wildman–Crippen MR) is 89.4 cm³/mol. The lowest BCUT2D eigenvalue weighted by Gasteiger charge is -2.23. The third-order valence-electron chi connectivity index (χ3n) is 3.47. The molecule has 0 unspecified atom stereocenters. The van der Waals surface area contributed by atoms with Crippen molar-refractivity contribution in [2.75, 3.05) is 13.2 Å². The number of benzene rings is 1.